The Balaban J connectivity index is 2.62. The van der Waals surface area contributed by atoms with Crippen molar-refractivity contribution in [3.63, 3.8) is 0 Å². The first kappa shape index (κ1) is 16.2. The monoisotopic (exact) mass is 268 g/mol. The van der Waals surface area contributed by atoms with Gasteiger partial charge in [0.15, 0.2) is 5.78 Å². The third-order valence-electron chi connectivity index (χ3n) is 4.49. The van der Waals surface area contributed by atoms with Crippen molar-refractivity contribution in [3.05, 3.63) is 0 Å². The van der Waals surface area contributed by atoms with Crippen LogP contribution in [0.4, 0.5) is 0 Å². The van der Waals surface area contributed by atoms with Gasteiger partial charge in [0.2, 0.25) is 0 Å². The number of carbonyl (C=O) groups is 2. The first-order valence-electron chi connectivity index (χ1n) is 7.52. The Kier molecular flexibility index (Phi) is 5.57. The van der Waals surface area contributed by atoms with Crippen molar-refractivity contribution < 1.29 is 14.3 Å². The summed E-state index contributed by atoms with van der Waals surface area (Å²) in [6, 6.07) is 0. The second kappa shape index (κ2) is 6.53. The van der Waals surface area contributed by atoms with Crippen LogP contribution in [0.1, 0.15) is 60.3 Å². The van der Waals surface area contributed by atoms with Crippen molar-refractivity contribution in [1.82, 2.24) is 0 Å². The number of carbonyl (C=O) groups excluding carboxylic acids is 2. The molecule has 1 aliphatic carbocycles. The van der Waals surface area contributed by atoms with E-state index in [0.29, 0.717) is 12.5 Å². The van der Waals surface area contributed by atoms with Gasteiger partial charge in [0.1, 0.15) is 5.41 Å². The summed E-state index contributed by atoms with van der Waals surface area (Å²) in [4.78, 5) is 24.4. The maximum atomic E-state index is 12.5. The molecule has 1 fully saturated rings. The Morgan fingerprint density at radius 1 is 1.16 bits per heavy atom. The van der Waals surface area contributed by atoms with Gasteiger partial charge in [0.05, 0.1) is 6.61 Å². The lowest BCUT2D eigenvalue weighted by molar-refractivity contribution is -0.159. The highest BCUT2D eigenvalue weighted by atomic mass is 16.5. The fourth-order valence-corrected chi connectivity index (χ4v) is 2.97. The van der Waals surface area contributed by atoms with Gasteiger partial charge in [-0.25, -0.2) is 0 Å². The highest BCUT2D eigenvalue weighted by Gasteiger charge is 2.42. The molecule has 1 aliphatic rings. The highest BCUT2D eigenvalue weighted by molar-refractivity contribution is 6.04. The maximum absolute atomic E-state index is 12.5. The predicted octanol–water partition coefficient (Wildman–Crippen LogP) is 3.61. The molecule has 0 N–H and O–H groups in total. The lowest BCUT2D eigenvalue weighted by Crippen LogP contribution is -2.40. The predicted molar refractivity (Wildman–Crippen MR) is 75.7 cm³/mol. The van der Waals surface area contributed by atoms with E-state index in [9.17, 15) is 9.59 Å². The van der Waals surface area contributed by atoms with Crippen LogP contribution in [0.3, 0.4) is 0 Å². The van der Waals surface area contributed by atoms with Gasteiger partial charge in [-0.05, 0) is 58.3 Å². The molecule has 0 heterocycles. The fraction of sp³-hybridized carbons (Fsp3) is 0.875. The summed E-state index contributed by atoms with van der Waals surface area (Å²) in [5.74, 6) is 1.14. The zero-order valence-electron chi connectivity index (χ0n) is 13.0. The van der Waals surface area contributed by atoms with E-state index in [0.717, 1.165) is 31.6 Å². The molecule has 0 aromatic heterocycles. The molecule has 19 heavy (non-hydrogen) atoms. The van der Waals surface area contributed by atoms with E-state index < -0.39 is 5.41 Å². The van der Waals surface area contributed by atoms with Crippen LogP contribution in [-0.4, -0.2) is 18.4 Å². The molecule has 3 heteroatoms. The van der Waals surface area contributed by atoms with Crippen molar-refractivity contribution in [2.75, 3.05) is 6.61 Å². The molecular formula is C16H28O3. The number of Topliss-reactive ketones (excluding diaryl/α,β-unsaturated/α-hetero) is 1. The lowest BCUT2D eigenvalue weighted by Gasteiger charge is -2.33. The van der Waals surface area contributed by atoms with E-state index in [4.69, 9.17) is 4.74 Å². The smallest absolute Gasteiger partial charge is 0.319 e. The van der Waals surface area contributed by atoms with Crippen LogP contribution < -0.4 is 0 Å². The SMILES string of the molecule is CCOC(=O)C(C)(C)C(=O)C1CCC(C(C)C)CC1. The maximum Gasteiger partial charge on any atom is 0.319 e. The molecule has 0 radical (unpaired) electrons. The largest absolute Gasteiger partial charge is 0.465 e. The molecule has 0 aliphatic heterocycles. The van der Waals surface area contributed by atoms with Crippen LogP contribution >= 0.6 is 0 Å². The molecule has 110 valence electrons. The zero-order valence-corrected chi connectivity index (χ0v) is 13.0. The number of hydrogen-bond acceptors (Lipinski definition) is 3. The molecule has 0 aromatic carbocycles. The average molecular weight is 268 g/mol. The van der Waals surface area contributed by atoms with E-state index in [1.807, 2.05) is 0 Å². The van der Waals surface area contributed by atoms with E-state index in [2.05, 4.69) is 13.8 Å². The van der Waals surface area contributed by atoms with Crippen LogP contribution in [0.2, 0.25) is 0 Å². The summed E-state index contributed by atoms with van der Waals surface area (Å²) in [6.07, 6.45) is 4.05. The Labute approximate surface area is 117 Å². The van der Waals surface area contributed by atoms with Gasteiger partial charge >= 0.3 is 5.97 Å². The molecular weight excluding hydrogens is 240 g/mol. The van der Waals surface area contributed by atoms with Crippen molar-refractivity contribution in [2.24, 2.45) is 23.2 Å². The molecule has 0 saturated heterocycles. The van der Waals surface area contributed by atoms with Gasteiger partial charge in [-0.3, -0.25) is 9.59 Å². The molecule has 1 rings (SSSR count). The van der Waals surface area contributed by atoms with Gasteiger partial charge in [-0.1, -0.05) is 13.8 Å². The van der Waals surface area contributed by atoms with Gasteiger partial charge in [-0.15, -0.1) is 0 Å². The van der Waals surface area contributed by atoms with Gasteiger partial charge in [0.25, 0.3) is 0 Å². The second-order valence-corrected chi connectivity index (χ2v) is 6.57. The number of ketones is 1. The normalized spacial score (nSPS) is 24.3. The minimum Gasteiger partial charge on any atom is -0.465 e. The summed E-state index contributed by atoms with van der Waals surface area (Å²) in [5, 5.41) is 0. The number of ether oxygens (including phenoxy) is 1. The quantitative estimate of drug-likeness (QED) is 0.565. The summed E-state index contributed by atoms with van der Waals surface area (Å²) in [7, 11) is 0. The molecule has 0 amide bonds. The first-order valence-corrected chi connectivity index (χ1v) is 7.52. The number of esters is 1. The summed E-state index contributed by atoms with van der Waals surface area (Å²) < 4.78 is 5.02. The topological polar surface area (TPSA) is 43.4 Å². The minimum atomic E-state index is -0.995. The molecule has 0 spiro atoms. The third kappa shape index (κ3) is 3.80. The second-order valence-electron chi connectivity index (χ2n) is 6.57. The Hall–Kier alpha value is -0.860. The van der Waals surface area contributed by atoms with E-state index in [-0.39, 0.29) is 17.7 Å². The Morgan fingerprint density at radius 2 is 1.68 bits per heavy atom. The Bertz CT molecular complexity index is 323. The zero-order chi connectivity index (χ0) is 14.6. The summed E-state index contributed by atoms with van der Waals surface area (Å²) >= 11 is 0. The van der Waals surface area contributed by atoms with Crippen LogP contribution in [0.5, 0.6) is 0 Å². The standard InChI is InChI=1S/C16H28O3/c1-6-19-15(18)16(4,5)14(17)13-9-7-12(8-10-13)11(2)3/h11-13H,6-10H2,1-5H3. The average Bonchev–Trinajstić information content (AvgIpc) is 2.38. The van der Waals surface area contributed by atoms with Gasteiger partial charge in [-0.2, -0.15) is 0 Å². The lowest BCUT2D eigenvalue weighted by atomic mass is 9.71. The summed E-state index contributed by atoms with van der Waals surface area (Å²) in [5.41, 5.74) is -0.995. The van der Waals surface area contributed by atoms with Crippen molar-refractivity contribution in [1.29, 1.82) is 0 Å². The van der Waals surface area contributed by atoms with Crippen molar-refractivity contribution in [2.45, 2.75) is 60.3 Å². The minimum absolute atomic E-state index is 0.0365. The van der Waals surface area contributed by atoms with Crippen molar-refractivity contribution >= 4 is 11.8 Å². The van der Waals surface area contributed by atoms with Gasteiger partial charge < -0.3 is 4.74 Å². The number of hydrogen-bond donors (Lipinski definition) is 0. The molecule has 0 unspecified atom stereocenters. The molecule has 0 aromatic rings. The highest BCUT2D eigenvalue weighted by Crippen LogP contribution is 2.37. The molecule has 0 atom stereocenters. The van der Waals surface area contributed by atoms with E-state index >= 15 is 0 Å². The number of rotatable bonds is 5. The van der Waals surface area contributed by atoms with Crippen LogP contribution in [0, 0.1) is 23.2 Å². The molecule has 1 saturated carbocycles. The van der Waals surface area contributed by atoms with Crippen molar-refractivity contribution in [3.8, 4) is 0 Å². The summed E-state index contributed by atoms with van der Waals surface area (Å²) in [6.45, 7) is 9.98. The van der Waals surface area contributed by atoms with E-state index in [1.165, 1.54) is 0 Å². The van der Waals surface area contributed by atoms with Gasteiger partial charge in [0, 0.05) is 5.92 Å². The Morgan fingerprint density at radius 3 is 2.11 bits per heavy atom. The van der Waals surface area contributed by atoms with Crippen LogP contribution in [0.15, 0.2) is 0 Å². The third-order valence-corrected chi connectivity index (χ3v) is 4.49. The first-order chi connectivity index (χ1) is 8.80. The fourth-order valence-electron chi connectivity index (χ4n) is 2.97. The molecule has 0 bridgehead atoms. The van der Waals surface area contributed by atoms with Crippen LogP contribution in [0.25, 0.3) is 0 Å². The van der Waals surface area contributed by atoms with Crippen LogP contribution in [-0.2, 0) is 14.3 Å². The van der Waals surface area contributed by atoms with E-state index in [1.54, 1.807) is 20.8 Å². The molecule has 3 nitrogen and oxygen atoms in total.